The van der Waals surface area contributed by atoms with Gasteiger partial charge in [0.15, 0.2) is 5.82 Å². The summed E-state index contributed by atoms with van der Waals surface area (Å²) in [7, 11) is 0. The van der Waals surface area contributed by atoms with E-state index in [0.29, 0.717) is 0 Å². The van der Waals surface area contributed by atoms with Gasteiger partial charge in [-0.2, -0.15) is 0 Å². The highest BCUT2D eigenvalue weighted by Gasteiger charge is 2.18. The van der Waals surface area contributed by atoms with Crippen molar-refractivity contribution in [2.75, 3.05) is 0 Å². The second kappa shape index (κ2) is 15.0. The summed E-state index contributed by atoms with van der Waals surface area (Å²) in [5, 5.41) is 0. The quantitative estimate of drug-likeness (QED) is 0.213. The lowest BCUT2D eigenvalue weighted by atomic mass is 9.79. The summed E-state index contributed by atoms with van der Waals surface area (Å²) in [6.45, 7) is 4.56. The zero-order chi connectivity index (χ0) is 23.1. The number of aromatic nitrogens is 2. The second-order valence-electron chi connectivity index (χ2n) is 10.2. The average molecular weight is 447 g/mol. The Morgan fingerprint density at radius 2 is 1.45 bits per heavy atom. The van der Waals surface area contributed by atoms with Crippen LogP contribution in [0.25, 0.3) is 11.4 Å². The number of hydrogen-bond donors (Lipinski definition) is 0. The third-order valence-corrected chi connectivity index (χ3v) is 7.35. The van der Waals surface area contributed by atoms with Crippen molar-refractivity contribution in [2.45, 2.75) is 110 Å². The topological polar surface area (TPSA) is 25.8 Å². The molecule has 0 atom stereocenters. The number of aryl methyl sites for hydroxylation is 2. The van der Waals surface area contributed by atoms with Crippen LogP contribution in [0.5, 0.6) is 0 Å². The van der Waals surface area contributed by atoms with Crippen LogP contribution in [0.2, 0.25) is 0 Å². The molecule has 0 radical (unpaired) electrons. The molecule has 1 aliphatic rings. The molecule has 1 fully saturated rings. The van der Waals surface area contributed by atoms with Crippen LogP contribution >= 0.6 is 0 Å². The Balaban J connectivity index is 1.36. The van der Waals surface area contributed by atoms with E-state index in [1.165, 1.54) is 88.2 Å². The highest BCUT2D eigenvalue weighted by molar-refractivity contribution is 5.55. The van der Waals surface area contributed by atoms with Gasteiger partial charge >= 0.3 is 0 Å². The molecular weight excluding hydrogens is 400 g/mol. The molecule has 1 aliphatic carbocycles. The highest BCUT2D eigenvalue weighted by Crippen LogP contribution is 2.32. The van der Waals surface area contributed by atoms with Crippen molar-refractivity contribution in [1.82, 2.24) is 9.97 Å². The molecule has 1 aromatic heterocycles. The van der Waals surface area contributed by atoms with Crippen LogP contribution in [0.3, 0.4) is 0 Å². The molecule has 1 aromatic carbocycles. The molecule has 2 nitrogen and oxygen atoms in total. The van der Waals surface area contributed by atoms with Crippen LogP contribution in [-0.2, 0) is 12.8 Å². The predicted molar refractivity (Wildman–Crippen MR) is 142 cm³/mol. The second-order valence-corrected chi connectivity index (χ2v) is 10.2. The number of rotatable bonds is 14. The first-order chi connectivity index (χ1) is 16.3. The van der Waals surface area contributed by atoms with Gasteiger partial charge in [0.1, 0.15) is 0 Å². The summed E-state index contributed by atoms with van der Waals surface area (Å²) in [5.41, 5.74) is 3.77. The number of hydrogen-bond acceptors (Lipinski definition) is 2. The lowest BCUT2D eigenvalue weighted by molar-refractivity contribution is 0.289. The molecule has 3 rings (SSSR count). The van der Waals surface area contributed by atoms with E-state index < -0.39 is 0 Å². The van der Waals surface area contributed by atoms with Gasteiger partial charge in [-0.15, -0.1) is 0 Å². The molecule has 0 N–H and O–H groups in total. The van der Waals surface area contributed by atoms with Crippen LogP contribution in [0, 0.1) is 11.8 Å². The fourth-order valence-electron chi connectivity index (χ4n) is 5.10. The van der Waals surface area contributed by atoms with Crippen LogP contribution < -0.4 is 0 Å². The van der Waals surface area contributed by atoms with E-state index in [1.54, 1.807) is 0 Å². The first-order valence-electron chi connectivity index (χ1n) is 13.8. The van der Waals surface area contributed by atoms with Crippen LogP contribution in [0.1, 0.15) is 108 Å². The molecule has 1 saturated carbocycles. The number of allylic oxidation sites excluding steroid dienone is 2. The van der Waals surface area contributed by atoms with Crippen LogP contribution in [0.15, 0.2) is 48.8 Å². The summed E-state index contributed by atoms with van der Waals surface area (Å²) < 4.78 is 0. The molecule has 180 valence electrons. The molecule has 0 saturated heterocycles. The fourth-order valence-corrected chi connectivity index (χ4v) is 5.10. The first-order valence-corrected chi connectivity index (χ1v) is 13.8. The maximum atomic E-state index is 4.61. The minimum atomic E-state index is 0.821. The van der Waals surface area contributed by atoms with Gasteiger partial charge in [-0.05, 0) is 74.3 Å². The summed E-state index contributed by atoms with van der Waals surface area (Å²) in [6.07, 6.45) is 28.8. The third kappa shape index (κ3) is 9.43. The van der Waals surface area contributed by atoms with Gasteiger partial charge in [-0.25, -0.2) is 9.97 Å². The predicted octanol–water partition coefficient (Wildman–Crippen LogP) is 9.14. The molecule has 0 unspecified atom stereocenters. The smallest absolute Gasteiger partial charge is 0.159 e. The minimum absolute atomic E-state index is 0.821. The van der Waals surface area contributed by atoms with E-state index in [9.17, 15) is 0 Å². The Labute approximate surface area is 203 Å². The summed E-state index contributed by atoms with van der Waals surface area (Å²) in [4.78, 5) is 9.22. The van der Waals surface area contributed by atoms with Crippen molar-refractivity contribution in [1.29, 1.82) is 0 Å². The summed E-state index contributed by atoms with van der Waals surface area (Å²) in [6, 6.07) is 8.84. The van der Waals surface area contributed by atoms with Crippen molar-refractivity contribution in [3.05, 3.63) is 59.9 Å². The standard InChI is InChI=1S/C31H46N2/c1-3-5-7-9-15-29-24-32-31(33-25-29)30-22-20-28(21-23-30)14-11-10-13-27-18-16-26(17-19-27)12-8-6-4-2/h10,13,20-27H,3-9,11-12,14-19H2,1-2H3/t26-,27-. The maximum Gasteiger partial charge on any atom is 0.159 e. The molecule has 0 bridgehead atoms. The molecule has 0 aliphatic heterocycles. The zero-order valence-corrected chi connectivity index (χ0v) is 21.3. The maximum absolute atomic E-state index is 4.61. The number of unbranched alkanes of at least 4 members (excludes halogenated alkanes) is 5. The van der Waals surface area contributed by atoms with Crippen molar-refractivity contribution < 1.29 is 0 Å². The van der Waals surface area contributed by atoms with Gasteiger partial charge in [0.05, 0.1) is 0 Å². The van der Waals surface area contributed by atoms with E-state index in [1.807, 2.05) is 12.4 Å². The van der Waals surface area contributed by atoms with Crippen molar-refractivity contribution in [2.24, 2.45) is 11.8 Å². The fraction of sp³-hybridized carbons (Fsp3) is 0.613. The molecule has 1 heterocycles. The largest absolute Gasteiger partial charge is 0.236 e. The van der Waals surface area contributed by atoms with Crippen LogP contribution in [-0.4, -0.2) is 9.97 Å². The van der Waals surface area contributed by atoms with Crippen molar-refractivity contribution in [3.8, 4) is 11.4 Å². The Morgan fingerprint density at radius 1 is 0.758 bits per heavy atom. The van der Waals surface area contributed by atoms with Crippen molar-refractivity contribution in [3.63, 3.8) is 0 Å². The summed E-state index contributed by atoms with van der Waals surface area (Å²) >= 11 is 0. The molecule has 2 heteroatoms. The van der Waals surface area contributed by atoms with E-state index in [0.717, 1.165) is 42.5 Å². The molecular formula is C31H46N2. The number of benzene rings is 1. The van der Waals surface area contributed by atoms with Crippen molar-refractivity contribution >= 4 is 0 Å². The van der Waals surface area contributed by atoms with Crippen LogP contribution in [0.4, 0.5) is 0 Å². The van der Waals surface area contributed by atoms with E-state index in [-0.39, 0.29) is 0 Å². The van der Waals surface area contributed by atoms with E-state index in [4.69, 9.17) is 0 Å². The minimum Gasteiger partial charge on any atom is -0.236 e. The zero-order valence-electron chi connectivity index (χ0n) is 21.3. The lowest BCUT2D eigenvalue weighted by Gasteiger charge is -2.26. The first kappa shape index (κ1) is 25.7. The summed E-state index contributed by atoms with van der Waals surface area (Å²) in [5.74, 6) is 2.66. The van der Waals surface area contributed by atoms with E-state index in [2.05, 4.69) is 60.2 Å². The van der Waals surface area contributed by atoms with E-state index >= 15 is 0 Å². The monoisotopic (exact) mass is 446 g/mol. The van der Waals surface area contributed by atoms with Gasteiger partial charge in [-0.3, -0.25) is 0 Å². The Bertz CT molecular complexity index is 783. The van der Waals surface area contributed by atoms with Gasteiger partial charge in [0.2, 0.25) is 0 Å². The molecule has 0 amide bonds. The average Bonchev–Trinajstić information content (AvgIpc) is 2.86. The van der Waals surface area contributed by atoms with Gasteiger partial charge in [0.25, 0.3) is 0 Å². The Morgan fingerprint density at radius 3 is 2.15 bits per heavy atom. The lowest BCUT2D eigenvalue weighted by Crippen LogP contribution is -2.13. The number of nitrogens with zero attached hydrogens (tertiary/aromatic N) is 2. The highest BCUT2D eigenvalue weighted by atomic mass is 14.9. The molecule has 0 spiro atoms. The third-order valence-electron chi connectivity index (χ3n) is 7.35. The Hall–Kier alpha value is -1.96. The van der Waals surface area contributed by atoms with Gasteiger partial charge < -0.3 is 0 Å². The molecule has 2 aromatic rings. The van der Waals surface area contributed by atoms with Gasteiger partial charge in [-0.1, -0.05) is 95.2 Å². The SMILES string of the molecule is CCCCCCc1cnc(-c2ccc(CCC=C[C@H]3CC[C@H](CCCCC)CC3)cc2)nc1. The molecule has 33 heavy (non-hydrogen) atoms. The normalized spacial score (nSPS) is 18.7. The Kier molecular flexibility index (Phi) is 11.7. The van der Waals surface area contributed by atoms with Gasteiger partial charge in [0, 0.05) is 18.0 Å².